The molecule has 6 nitrogen and oxygen atoms in total. The van der Waals surface area contributed by atoms with E-state index in [1.54, 1.807) is 28.5 Å². The van der Waals surface area contributed by atoms with Crippen LogP contribution in [0.4, 0.5) is 4.39 Å². The van der Waals surface area contributed by atoms with Crippen molar-refractivity contribution >= 4 is 17.5 Å². The number of carbonyl (C=O) groups is 2. The van der Waals surface area contributed by atoms with Crippen molar-refractivity contribution in [2.45, 2.75) is 26.7 Å². The number of likely N-dealkylation sites (N-methyl/N-ethyl adjacent to an activating group) is 1. The molecule has 23 heavy (non-hydrogen) atoms. The Morgan fingerprint density at radius 3 is 2.78 bits per heavy atom. The molecule has 0 saturated heterocycles. The van der Waals surface area contributed by atoms with E-state index in [1.807, 2.05) is 6.92 Å². The third-order valence-corrected chi connectivity index (χ3v) is 3.42. The second kappa shape index (κ2) is 7.71. The van der Waals surface area contributed by atoms with Crippen molar-refractivity contribution in [3.05, 3.63) is 36.0 Å². The molecule has 1 amide bonds. The van der Waals surface area contributed by atoms with Crippen LogP contribution in [0.3, 0.4) is 0 Å². The van der Waals surface area contributed by atoms with Gasteiger partial charge in [-0.25, -0.2) is 9.37 Å². The first kappa shape index (κ1) is 16.9. The number of imidazole rings is 1. The third-order valence-electron chi connectivity index (χ3n) is 3.42. The number of carbonyl (C=O) groups excluding carboxylic acids is 2. The lowest BCUT2D eigenvalue weighted by atomic mass is 10.2. The molecule has 0 aliphatic heterocycles. The maximum absolute atomic E-state index is 13.2. The second-order valence-electron chi connectivity index (χ2n) is 5.05. The van der Waals surface area contributed by atoms with Crippen LogP contribution in [-0.4, -0.2) is 45.9 Å². The lowest BCUT2D eigenvalue weighted by molar-refractivity contribution is -0.144. The molecule has 7 heteroatoms. The summed E-state index contributed by atoms with van der Waals surface area (Å²) in [6.07, 6.45) is 3.23. The molecule has 0 N–H and O–H groups in total. The van der Waals surface area contributed by atoms with Crippen LogP contribution >= 0.6 is 0 Å². The van der Waals surface area contributed by atoms with Crippen molar-refractivity contribution in [2.24, 2.45) is 0 Å². The van der Waals surface area contributed by atoms with Crippen LogP contribution in [0, 0.1) is 5.82 Å². The van der Waals surface area contributed by atoms with Gasteiger partial charge in [0.1, 0.15) is 11.5 Å². The van der Waals surface area contributed by atoms with E-state index in [0.29, 0.717) is 31.0 Å². The van der Waals surface area contributed by atoms with Gasteiger partial charge in [0.2, 0.25) is 5.91 Å². The van der Waals surface area contributed by atoms with Crippen molar-refractivity contribution in [3.63, 3.8) is 0 Å². The molecule has 124 valence electrons. The van der Waals surface area contributed by atoms with Crippen LogP contribution in [0.25, 0.3) is 5.65 Å². The zero-order valence-corrected chi connectivity index (χ0v) is 13.3. The number of ether oxygens (including phenoxy) is 1. The Balaban J connectivity index is 1.98. The molecule has 0 spiro atoms. The monoisotopic (exact) mass is 321 g/mol. The first-order valence-electron chi connectivity index (χ1n) is 7.60. The van der Waals surface area contributed by atoms with E-state index >= 15 is 0 Å². The summed E-state index contributed by atoms with van der Waals surface area (Å²) >= 11 is 0. The molecule has 0 fully saturated rings. The third kappa shape index (κ3) is 4.51. The highest BCUT2D eigenvalue weighted by Gasteiger charge is 2.16. The van der Waals surface area contributed by atoms with Gasteiger partial charge < -0.3 is 14.0 Å². The van der Waals surface area contributed by atoms with E-state index in [-0.39, 0.29) is 30.5 Å². The van der Waals surface area contributed by atoms with Gasteiger partial charge in [0.25, 0.3) is 0 Å². The van der Waals surface area contributed by atoms with E-state index in [4.69, 9.17) is 4.74 Å². The fourth-order valence-electron chi connectivity index (χ4n) is 2.29. The maximum atomic E-state index is 13.2. The SMILES string of the molecule is CCOC(=O)CCN(CC)C(=O)Cc1cn2cc(F)ccc2n1. The molecule has 2 heterocycles. The summed E-state index contributed by atoms with van der Waals surface area (Å²) < 4.78 is 19.6. The van der Waals surface area contributed by atoms with Gasteiger partial charge in [-0.1, -0.05) is 0 Å². The van der Waals surface area contributed by atoms with Gasteiger partial charge in [-0.15, -0.1) is 0 Å². The fraction of sp³-hybridized carbons (Fsp3) is 0.438. The lowest BCUT2D eigenvalue weighted by Crippen LogP contribution is -2.34. The molecule has 0 aliphatic carbocycles. The largest absolute Gasteiger partial charge is 0.466 e. The van der Waals surface area contributed by atoms with Crippen LogP contribution in [0.2, 0.25) is 0 Å². The van der Waals surface area contributed by atoms with E-state index in [9.17, 15) is 14.0 Å². The number of hydrogen-bond acceptors (Lipinski definition) is 4. The summed E-state index contributed by atoms with van der Waals surface area (Å²) in [5.41, 5.74) is 1.15. The van der Waals surface area contributed by atoms with Crippen molar-refractivity contribution in [2.75, 3.05) is 19.7 Å². The van der Waals surface area contributed by atoms with Gasteiger partial charge in [0.15, 0.2) is 0 Å². The molecule has 0 radical (unpaired) electrons. The highest BCUT2D eigenvalue weighted by molar-refractivity contribution is 5.79. The minimum absolute atomic E-state index is 0.111. The summed E-state index contributed by atoms with van der Waals surface area (Å²) in [7, 11) is 0. The van der Waals surface area contributed by atoms with Crippen LogP contribution in [0.15, 0.2) is 24.5 Å². The molecule has 0 bridgehead atoms. The van der Waals surface area contributed by atoms with Gasteiger partial charge in [0, 0.05) is 25.5 Å². The van der Waals surface area contributed by atoms with E-state index < -0.39 is 0 Å². The molecule has 0 saturated carbocycles. The van der Waals surface area contributed by atoms with Gasteiger partial charge in [-0.05, 0) is 26.0 Å². The number of aromatic nitrogens is 2. The first-order chi connectivity index (χ1) is 11.0. The summed E-state index contributed by atoms with van der Waals surface area (Å²) in [5, 5.41) is 0. The quantitative estimate of drug-likeness (QED) is 0.730. The Hall–Kier alpha value is -2.44. The minimum Gasteiger partial charge on any atom is -0.466 e. The number of rotatable bonds is 7. The molecule has 0 atom stereocenters. The summed E-state index contributed by atoms with van der Waals surface area (Å²) in [4.78, 5) is 29.6. The average Bonchev–Trinajstić information content (AvgIpc) is 2.89. The van der Waals surface area contributed by atoms with Gasteiger partial charge in [0.05, 0.1) is 25.1 Å². The Morgan fingerprint density at radius 2 is 2.09 bits per heavy atom. The first-order valence-corrected chi connectivity index (χ1v) is 7.60. The van der Waals surface area contributed by atoms with E-state index in [2.05, 4.69) is 4.98 Å². The molecule has 2 rings (SSSR count). The van der Waals surface area contributed by atoms with Crippen LogP contribution in [-0.2, 0) is 20.7 Å². The fourth-order valence-corrected chi connectivity index (χ4v) is 2.29. The minimum atomic E-state index is -0.364. The van der Waals surface area contributed by atoms with Crippen LogP contribution in [0.5, 0.6) is 0 Å². The molecule has 2 aromatic heterocycles. The van der Waals surface area contributed by atoms with Crippen LogP contribution < -0.4 is 0 Å². The molecular formula is C16H20FN3O3. The molecule has 0 unspecified atom stereocenters. The standard InChI is InChI=1S/C16H20FN3O3/c1-3-19(8-7-16(22)23-4-2)15(21)9-13-11-20-10-12(17)5-6-14(20)18-13/h5-6,10-11H,3-4,7-9H2,1-2H3. The number of hydrogen-bond donors (Lipinski definition) is 0. The van der Waals surface area contributed by atoms with Crippen molar-refractivity contribution in [1.82, 2.24) is 14.3 Å². The highest BCUT2D eigenvalue weighted by Crippen LogP contribution is 2.09. The Labute approximate surface area is 133 Å². The maximum Gasteiger partial charge on any atom is 0.307 e. The predicted octanol–water partition coefficient (Wildman–Crippen LogP) is 1.82. The predicted molar refractivity (Wildman–Crippen MR) is 82.4 cm³/mol. The molecular weight excluding hydrogens is 301 g/mol. The Morgan fingerprint density at radius 1 is 1.30 bits per heavy atom. The summed E-state index contributed by atoms with van der Waals surface area (Å²) in [6.45, 7) is 4.74. The number of fused-ring (bicyclic) bond motifs is 1. The normalized spacial score (nSPS) is 10.7. The smallest absolute Gasteiger partial charge is 0.307 e. The second-order valence-corrected chi connectivity index (χ2v) is 5.05. The zero-order chi connectivity index (χ0) is 16.8. The van der Waals surface area contributed by atoms with Crippen LogP contribution in [0.1, 0.15) is 26.0 Å². The van der Waals surface area contributed by atoms with Gasteiger partial charge >= 0.3 is 5.97 Å². The van der Waals surface area contributed by atoms with Crippen molar-refractivity contribution < 1.29 is 18.7 Å². The molecule has 0 aromatic carbocycles. The number of esters is 1. The number of amides is 1. The summed E-state index contributed by atoms with van der Waals surface area (Å²) in [5.74, 6) is -0.806. The van der Waals surface area contributed by atoms with E-state index in [1.165, 1.54) is 12.3 Å². The van der Waals surface area contributed by atoms with Gasteiger partial charge in [-0.3, -0.25) is 9.59 Å². The topological polar surface area (TPSA) is 63.9 Å². The average molecular weight is 321 g/mol. The molecule has 2 aromatic rings. The lowest BCUT2D eigenvalue weighted by Gasteiger charge is -2.19. The Bertz CT molecular complexity index is 699. The van der Waals surface area contributed by atoms with E-state index in [0.717, 1.165) is 0 Å². The highest BCUT2D eigenvalue weighted by atomic mass is 19.1. The molecule has 0 aliphatic rings. The Kier molecular flexibility index (Phi) is 5.67. The number of halogens is 1. The summed E-state index contributed by atoms with van der Waals surface area (Å²) in [6, 6.07) is 2.88. The van der Waals surface area contributed by atoms with Gasteiger partial charge in [-0.2, -0.15) is 0 Å². The number of pyridine rings is 1. The van der Waals surface area contributed by atoms with Crippen molar-refractivity contribution in [3.8, 4) is 0 Å². The zero-order valence-electron chi connectivity index (χ0n) is 13.3. The number of nitrogens with zero attached hydrogens (tertiary/aromatic N) is 3. The van der Waals surface area contributed by atoms with Crippen molar-refractivity contribution in [1.29, 1.82) is 0 Å².